The van der Waals surface area contributed by atoms with Crippen LogP contribution in [-0.2, 0) is 6.54 Å². The second kappa shape index (κ2) is 8.85. The monoisotopic (exact) mass is 426 g/mol. The molecule has 2 aromatic carbocycles. The van der Waals surface area contributed by atoms with Crippen LogP contribution in [0, 0.1) is 13.8 Å². The van der Waals surface area contributed by atoms with Gasteiger partial charge in [0.15, 0.2) is 0 Å². The van der Waals surface area contributed by atoms with Crippen LogP contribution in [0.15, 0.2) is 73.2 Å². The lowest BCUT2D eigenvalue weighted by Crippen LogP contribution is -2.30. The summed E-state index contributed by atoms with van der Waals surface area (Å²) in [6, 6.07) is 15.1. The first-order chi connectivity index (χ1) is 15.4. The zero-order chi connectivity index (χ0) is 22.7. The number of nitrogens with zero attached hydrogens (tertiary/aromatic N) is 4. The number of pyridine rings is 1. The van der Waals surface area contributed by atoms with E-state index in [1.165, 1.54) is 12.1 Å². The quantitative estimate of drug-likeness (QED) is 0.490. The van der Waals surface area contributed by atoms with Crippen molar-refractivity contribution in [3.8, 4) is 22.8 Å². The van der Waals surface area contributed by atoms with Crippen molar-refractivity contribution in [2.24, 2.45) is 0 Å². The third-order valence-corrected chi connectivity index (χ3v) is 5.04. The van der Waals surface area contributed by atoms with E-state index in [9.17, 15) is 15.0 Å². The summed E-state index contributed by atoms with van der Waals surface area (Å²) in [5, 5.41) is 19.8. The molecule has 0 radical (unpaired) electrons. The highest BCUT2D eigenvalue weighted by Gasteiger charge is 2.22. The lowest BCUT2D eigenvalue weighted by molar-refractivity contribution is 0.0982. The number of rotatable bonds is 5. The molecule has 0 saturated heterocycles. The summed E-state index contributed by atoms with van der Waals surface area (Å²) in [4.78, 5) is 28.0. The molecular formula is C25H22N4O3. The van der Waals surface area contributed by atoms with E-state index in [0.717, 1.165) is 34.3 Å². The van der Waals surface area contributed by atoms with E-state index in [1.807, 2.05) is 44.2 Å². The number of anilines is 1. The number of benzene rings is 2. The maximum absolute atomic E-state index is 13.4. The van der Waals surface area contributed by atoms with Crippen LogP contribution in [0.4, 0.5) is 5.69 Å². The standard InChI is InChI=1S/C25H22N4O3/c1-16-13-27-24(17(2)28-16)19-5-7-20(8-6-19)29(15-18-4-3-11-26-14-18)25(32)22-10-9-21(30)12-23(22)31/h3-14,30-31H,15H2,1-2H3. The smallest absolute Gasteiger partial charge is 0.262 e. The van der Waals surface area contributed by atoms with Crippen LogP contribution in [-0.4, -0.2) is 31.1 Å². The first-order valence-electron chi connectivity index (χ1n) is 10.1. The topological polar surface area (TPSA) is 99.4 Å². The molecule has 0 aliphatic carbocycles. The maximum atomic E-state index is 13.4. The number of phenolic OH excluding ortho intramolecular Hbond substituents is 2. The fraction of sp³-hybridized carbons (Fsp3) is 0.120. The molecule has 0 bridgehead atoms. The number of phenols is 2. The number of carbonyl (C=O) groups is 1. The molecule has 0 aliphatic rings. The summed E-state index contributed by atoms with van der Waals surface area (Å²) in [6.45, 7) is 4.07. The molecule has 0 saturated carbocycles. The summed E-state index contributed by atoms with van der Waals surface area (Å²) in [5.41, 5.74) is 4.93. The Morgan fingerprint density at radius 3 is 2.44 bits per heavy atom. The van der Waals surface area contributed by atoms with Gasteiger partial charge in [0.1, 0.15) is 11.5 Å². The fourth-order valence-corrected chi connectivity index (χ4v) is 3.48. The van der Waals surface area contributed by atoms with Gasteiger partial charge >= 0.3 is 0 Å². The highest BCUT2D eigenvalue weighted by Crippen LogP contribution is 2.29. The zero-order valence-corrected chi connectivity index (χ0v) is 17.7. The zero-order valence-electron chi connectivity index (χ0n) is 17.7. The van der Waals surface area contributed by atoms with Crippen molar-refractivity contribution in [2.75, 3.05) is 4.90 Å². The Kier molecular flexibility index (Phi) is 5.81. The summed E-state index contributed by atoms with van der Waals surface area (Å²) < 4.78 is 0. The number of hydrogen-bond donors (Lipinski definition) is 2. The molecule has 2 heterocycles. The highest BCUT2D eigenvalue weighted by atomic mass is 16.3. The van der Waals surface area contributed by atoms with Gasteiger partial charge in [0.25, 0.3) is 5.91 Å². The highest BCUT2D eigenvalue weighted by molar-refractivity contribution is 6.08. The number of hydrogen-bond acceptors (Lipinski definition) is 6. The molecule has 0 fully saturated rings. The molecule has 2 aromatic heterocycles. The summed E-state index contributed by atoms with van der Waals surface area (Å²) >= 11 is 0. The van der Waals surface area contributed by atoms with Gasteiger partial charge in [-0.2, -0.15) is 0 Å². The minimum Gasteiger partial charge on any atom is -0.508 e. The molecule has 4 aromatic rings. The molecular weight excluding hydrogens is 404 g/mol. The first-order valence-corrected chi connectivity index (χ1v) is 10.1. The van der Waals surface area contributed by atoms with Crippen LogP contribution in [0.25, 0.3) is 11.3 Å². The van der Waals surface area contributed by atoms with E-state index < -0.39 is 5.91 Å². The number of aryl methyl sites for hydroxylation is 2. The van der Waals surface area contributed by atoms with E-state index in [-0.39, 0.29) is 23.6 Å². The first kappa shape index (κ1) is 21.0. The van der Waals surface area contributed by atoms with Gasteiger partial charge in [0.2, 0.25) is 0 Å². The minimum atomic E-state index is -0.398. The summed E-state index contributed by atoms with van der Waals surface area (Å²) in [5.74, 6) is -0.796. The van der Waals surface area contributed by atoms with Gasteiger partial charge in [0, 0.05) is 35.9 Å². The molecule has 0 unspecified atom stereocenters. The predicted octanol–water partition coefficient (Wildman–Crippen LogP) is 4.41. The van der Waals surface area contributed by atoms with Gasteiger partial charge in [-0.1, -0.05) is 18.2 Å². The minimum absolute atomic E-state index is 0.0935. The van der Waals surface area contributed by atoms with Crippen molar-refractivity contribution in [1.29, 1.82) is 0 Å². The normalized spacial score (nSPS) is 10.7. The van der Waals surface area contributed by atoms with Crippen molar-refractivity contribution in [1.82, 2.24) is 15.0 Å². The van der Waals surface area contributed by atoms with E-state index in [0.29, 0.717) is 5.69 Å². The van der Waals surface area contributed by atoms with Crippen LogP contribution in [0.1, 0.15) is 27.3 Å². The Bertz CT molecular complexity index is 1260. The third-order valence-electron chi connectivity index (χ3n) is 5.04. The van der Waals surface area contributed by atoms with Gasteiger partial charge in [-0.3, -0.25) is 19.7 Å². The molecule has 32 heavy (non-hydrogen) atoms. The van der Waals surface area contributed by atoms with Crippen LogP contribution >= 0.6 is 0 Å². The van der Waals surface area contributed by atoms with E-state index in [1.54, 1.807) is 29.6 Å². The number of aromatic hydroxyl groups is 2. The van der Waals surface area contributed by atoms with Gasteiger partial charge in [-0.25, -0.2) is 0 Å². The maximum Gasteiger partial charge on any atom is 0.262 e. The van der Waals surface area contributed by atoms with Crippen LogP contribution in [0.5, 0.6) is 11.5 Å². The van der Waals surface area contributed by atoms with E-state index >= 15 is 0 Å². The Labute approximate surface area is 185 Å². The Morgan fingerprint density at radius 2 is 1.78 bits per heavy atom. The molecule has 0 atom stereocenters. The largest absolute Gasteiger partial charge is 0.508 e. The number of aromatic nitrogens is 3. The Morgan fingerprint density at radius 1 is 1.00 bits per heavy atom. The van der Waals surface area contributed by atoms with Crippen molar-refractivity contribution in [3.05, 3.63) is 95.7 Å². The lowest BCUT2D eigenvalue weighted by Gasteiger charge is -2.24. The number of amides is 1. The molecule has 0 aliphatic heterocycles. The second-order valence-corrected chi connectivity index (χ2v) is 7.45. The van der Waals surface area contributed by atoms with Crippen molar-refractivity contribution >= 4 is 11.6 Å². The Balaban J connectivity index is 1.71. The van der Waals surface area contributed by atoms with E-state index in [2.05, 4.69) is 15.0 Å². The summed E-state index contributed by atoms with van der Waals surface area (Å²) in [6.07, 6.45) is 5.08. The van der Waals surface area contributed by atoms with Crippen LogP contribution in [0.3, 0.4) is 0 Å². The SMILES string of the molecule is Cc1cnc(-c2ccc(N(Cc3cccnc3)C(=O)c3ccc(O)cc3O)cc2)c(C)n1. The van der Waals surface area contributed by atoms with Crippen molar-refractivity contribution in [2.45, 2.75) is 20.4 Å². The molecule has 7 heteroatoms. The number of carbonyl (C=O) groups excluding carboxylic acids is 1. The van der Waals surface area contributed by atoms with E-state index in [4.69, 9.17) is 0 Å². The van der Waals surface area contributed by atoms with Crippen molar-refractivity contribution < 1.29 is 15.0 Å². The third kappa shape index (κ3) is 4.41. The summed E-state index contributed by atoms with van der Waals surface area (Å²) in [7, 11) is 0. The van der Waals surface area contributed by atoms with Crippen LogP contribution in [0.2, 0.25) is 0 Å². The van der Waals surface area contributed by atoms with Crippen molar-refractivity contribution in [3.63, 3.8) is 0 Å². The predicted molar refractivity (Wildman–Crippen MR) is 121 cm³/mol. The molecule has 2 N–H and O–H groups in total. The van der Waals surface area contributed by atoms with Crippen LogP contribution < -0.4 is 4.90 Å². The lowest BCUT2D eigenvalue weighted by atomic mass is 10.1. The molecule has 160 valence electrons. The Hall–Kier alpha value is -4.26. The van der Waals surface area contributed by atoms with Gasteiger partial charge in [0.05, 0.1) is 29.2 Å². The second-order valence-electron chi connectivity index (χ2n) is 7.45. The van der Waals surface area contributed by atoms with Gasteiger partial charge in [-0.15, -0.1) is 0 Å². The van der Waals surface area contributed by atoms with Gasteiger partial charge in [-0.05, 0) is 49.7 Å². The average molecular weight is 426 g/mol. The average Bonchev–Trinajstić information content (AvgIpc) is 2.78. The van der Waals surface area contributed by atoms with Gasteiger partial charge < -0.3 is 15.1 Å². The molecule has 4 rings (SSSR count). The molecule has 1 amide bonds. The molecule has 0 spiro atoms. The fourth-order valence-electron chi connectivity index (χ4n) is 3.48. The molecule has 7 nitrogen and oxygen atoms in total.